The van der Waals surface area contributed by atoms with Crippen molar-refractivity contribution in [2.45, 2.75) is 4.90 Å². The van der Waals surface area contributed by atoms with Gasteiger partial charge in [-0.05, 0) is 56.1 Å². The van der Waals surface area contributed by atoms with Crippen LogP contribution < -0.4 is 4.72 Å². The molecule has 0 atom stereocenters. The first kappa shape index (κ1) is 16.3. The van der Waals surface area contributed by atoms with Crippen molar-refractivity contribution in [2.24, 2.45) is 0 Å². The highest BCUT2D eigenvalue weighted by Crippen LogP contribution is 2.31. The third-order valence-electron chi connectivity index (χ3n) is 2.43. The Bertz CT molecular complexity index is 789. The SMILES string of the molecule is O=S(=O)(Nc1c(F)cc(F)cc1Br)c1ccc(F)cc1Br. The second-order valence-electron chi connectivity index (χ2n) is 3.92. The Kier molecular flexibility index (Phi) is 4.64. The van der Waals surface area contributed by atoms with E-state index in [1.165, 1.54) is 0 Å². The molecular formula is C12H6Br2F3NO2S. The summed E-state index contributed by atoms with van der Waals surface area (Å²) < 4.78 is 65.8. The topological polar surface area (TPSA) is 46.2 Å². The molecule has 21 heavy (non-hydrogen) atoms. The molecule has 2 aromatic rings. The van der Waals surface area contributed by atoms with Crippen molar-refractivity contribution in [1.82, 2.24) is 0 Å². The standard InChI is InChI=1S/C12H6Br2F3NO2S/c13-8-3-6(15)1-2-11(8)21(19,20)18-12-9(14)4-7(16)5-10(12)17/h1-5,18H. The van der Waals surface area contributed by atoms with Gasteiger partial charge in [0.25, 0.3) is 10.0 Å². The van der Waals surface area contributed by atoms with Crippen LogP contribution in [0, 0.1) is 17.5 Å². The predicted molar refractivity (Wildman–Crippen MR) is 79.0 cm³/mol. The average Bonchev–Trinajstić information content (AvgIpc) is 2.33. The molecule has 0 radical (unpaired) electrons. The Morgan fingerprint density at radius 1 is 0.905 bits per heavy atom. The molecule has 2 rings (SSSR count). The monoisotopic (exact) mass is 443 g/mol. The van der Waals surface area contributed by atoms with Gasteiger partial charge in [0.2, 0.25) is 0 Å². The molecule has 0 bridgehead atoms. The Hall–Kier alpha value is -1.06. The molecule has 112 valence electrons. The number of nitrogens with one attached hydrogen (secondary N) is 1. The lowest BCUT2D eigenvalue weighted by Gasteiger charge is -2.12. The molecule has 2 aromatic carbocycles. The zero-order valence-corrected chi connectivity index (χ0v) is 14.0. The van der Waals surface area contributed by atoms with Gasteiger partial charge in [0.05, 0.1) is 5.69 Å². The molecule has 9 heteroatoms. The molecule has 0 spiro atoms. The Labute approximate surface area is 135 Å². The number of halogens is 5. The van der Waals surface area contributed by atoms with E-state index in [1.54, 1.807) is 0 Å². The first-order chi connectivity index (χ1) is 9.70. The molecule has 0 aliphatic heterocycles. The summed E-state index contributed by atoms with van der Waals surface area (Å²) in [5.74, 6) is -2.57. The van der Waals surface area contributed by atoms with Gasteiger partial charge in [0.1, 0.15) is 16.5 Å². The van der Waals surface area contributed by atoms with Crippen molar-refractivity contribution in [3.63, 3.8) is 0 Å². The van der Waals surface area contributed by atoms with Gasteiger partial charge in [-0.25, -0.2) is 21.6 Å². The zero-order chi connectivity index (χ0) is 15.8. The summed E-state index contributed by atoms with van der Waals surface area (Å²) >= 11 is 5.79. The highest BCUT2D eigenvalue weighted by Gasteiger charge is 2.21. The molecule has 0 heterocycles. The van der Waals surface area contributed by atoms with Crippen molar-refractivity contribution in [2.75, 3.05) is 4.72 Å². The van der Waals surface area contributed by atoms with E-state index < -0.39 is 33.2 Å². The van der Waals surface area contributed by atoms with E-state index in [0.717, 1.165) is 24.3 Å². The minimum Gasteiger partial charge on any atom is -0.275 e. The molecule has 0 fully saturated rings. The van der Waals surface area contributed by atoms with Crippen LogP contribution in [-0.2, 0) is 10.0 Å². The summed E-state index contributed by atoms with van der Waals surface area (Å²) in [7, 11) is -4.17. The molecule has 0 amide bonds. The summed E-state index contributed by atoms with van der Waals surface area (Å²) in [6.45, 7) is 0. The highest BCUT2D eigenvalue weighted by molar-refractivity contribution is 9.11. The summed E-state index contributed by atoms with van der Waals surface area (Å²) in [6, 6.07) is 4.40. The summed E-state index contributed by atoms with van der Waals surface area (Å²) in [4.78, 5) is -0.278. The van der Waals surface area contributed by atoms with Gasteiger partial charge in [-0.1, -0.05) is 0 Å². The van der Waals surface area contributed by atoms with Crippen molar-refractivity contribution >= 4 is 47.6 Å². The van der Waals surface area contributed by atoms with Crippen LogP contribution >= 0.6 is 31.9 Å². The Morgan fingerprint density at radius 3 is 2.10 bits per heavy atom. The van der Waals surface area contributed by atoms with Gasteiger partial charge in [-0.3, -0.25) is 4.72 Å². The van der Waals surface area contributed by atoms with Crippen LogP contribution in [0.5, 0.6) is 0 Å². The molecule has 0 unspecified atom stereocenters. The van der Waals surface area contributed by atoms with E-state index in [9.17, 15) is 21.6 Å². The molecule has 0 aliphatic rings. The van der Waals surface area contributed by atoms with Gasteiger partial charge < -0.3 is 0 Å². The van der Waals surface area contributed by atoms with Crippen LogP contribution in [0.4, 0.5) is 18.9 Å². The molecule has 1 N–H and O–H groups in total. The molecule has 0 aromatic heterocycles. The third kappa shape index (κ3) is 3.58. The molecule has 0 saturated heterocycles. The van der Waals surface area contributed by atoms with Crippen LogP contribution in [0.15, 0.2) is 44.2 Å². The summed E-state index contributed by atoms with van der Waals surface area (Å²) in [5.41, 5.74) is -0.437. The van der Waals surface area contributed by atoms with E-state index in [0.29, 0.717) is 6.07 Å². The minimum atomic E-state index is -4.17. The molecule has 0 saturated carbocycles. The van der Waals surface area contributed by atoms with Gasteiger partial charge in [-0.2, -0.15) is 0 Å². The smallest absolute Gasteiger partial charge is 0.263 e. The zero-order valence-electron chi connectivity index (χ0n) is 10.0. The van der Waals surface area contributed by atoms with Crippen LogP contribution in [0.3, 0.4) is 0 Å². The summed E-state index contributed by atoms with van der Waals surface area (Å²) in [6.07, 6.45) is 0. The number of hydrogen-bond acceptors (Lipinski definition) is 2. The van der Waals surface area contributed by atoms with Crippen LogP contribution in [0.1, 0.15) is 0 Å². The third-order valence-corrected chi connectivity index (χ3v) is 5.38. The maximum absolute atomic E-state index is 13.7. The maximum Gasteiger partial charge on any atom is 0.263 e. The van der Waals surface area contributed by atoms with E-state index in [2.05, 4.69) is 31.9 Å². The van der Waals surface area contributed by atoms with E-state index in [-0.39, 0.29) is 13.8 Å². The van der Waals surface area contributed by atoms with E-state index >= 15 is 0 Å². The number of hydrogen-bond donors (Lipinski definition) is 1. The van der Waals surface area contributed by atoms with E-state index in [1.807, 2.05) is 4.72 Å². The number of sulfonamides is 1. The lowest BCUT2D eigenvalue weighted by molar-refractivity contribution is 0.581. The second kappa shape index (κ2) is 5.98. The Morgan fingerprint density at radius 2 is 1.52 bits per heavy atom. The predicted octanol–water partition coefficient (Wildman–Crippen LogP) is 4.43. The fourth-order valence-electron chi connectivity index (χ4n) is 1.52. The minimum absolute atomic E-state index is 0.0198. The van der Waals surface area contributed by atoms with Gasteiger partial charge in [0.15, 0.2) is 5.82 Å². The molecule has 0 aliphatic carbocycles. The van der Waals surface area contributed by atoms with Crippen LogP contribution in [0.25, 0.3) is 0 Å². The maximum atomic E-state index is 13.7. The Balaban J connectivity index is 2.47. The van der Waals surface area contributed by atoms with Crippen molar-refractivity contribution < 1.29 is 21.6 Å². The first-order valence-electron chi connectivity index (χ1n) is 5.33. The van der Waals surface area contributed by atoms with Gasteiger partial charge in [0, 0.05) is 15.0 Å². The van der Waals surface area contributed by atoms with Crippen LogP contribution in [-0.4, -0.2) is 8.42 Å². The van der Waals surface area contributed by atoms with Crippen molar-refractivity contribution in [3.8, 4) is 0 Å². The molecular weight excluding hydrogens is 439 g/mol. The van der Waals surface area contributed by atoms with Gasteiger partial charge in [-0.15, -0.1) is 0 Å². The fourth-order valence-corrected chi connectivity index (χ4v) is 4.30. The lowest BCUT2D eigenvalue weighted by Crippen LogP contribution is -2.15. The molecule has 3 nitrogen and oxygen atoms in total. The van der Waals surface area contributed by atoms with Crippen molar-refractivity contribution in [3.05, 3.63) is 56.7 Å². The first-order valence-corrected chi connectivity index (χ1v) is 8.40. The fraction of sp³-hybridized carbons (Fsp3) is 0. The number of benzene rings is 2. The summed E-state index contributed by atoms with van der Waals surface area (Å²) in [5, 5.41) is 0. The largest absolute Gasteiger partial charge is 0.275 e. The number of rotatable bonds is 3. The van der Waals surface area contributed by atoms with Crippen LogP contribution in [0.2, 0.25) is 0 Å². The number of anilines is 1. The highest BCUT2D eigenvalue weighted by atomic mass is 79.9. The van der Waals surface area contributed by atoms with E-state index in [4.69, 9.17) is 0 Å². The second-order valence-corrected chi connectivity index (χ2v) is 7.28. The quantitative estimate of drug-likeness (QED) is 0.761. The van der Waals surface area contributed by atoms with Crippen molar-refractivity contribution in [1.29, 1.82) is 0 Å². The van der Waals surface area contributed by atoms with Gasteiger partial charge >= 0.3 is 0 Å². The lowest BCUT2D eigenvalue weighted by atomic mass is 10.3. The normalized spacial score (nSPS) is 11.5. The average molecular weight is 445 g/mol.